The van der Waals surface area contributed by atoms with Crippen LogP contribution in [-0.4, -0.2) is 31.9 Å². The molecule has 9 heteroatoms. The summed E-state index contributed by atoms with van der Waals surface area (Å²) < 4.78 is 22.3. The summed E-state index contributed by atoms with van der Waals surface area (Å²) in [4.78, 5) is 23.8. The van der Waals surface area contributed by atoms with Crippen molar-refractivity contribution >= 4 is 21.9 Å². The molecule has 2 aromatic carbocycles. The van der Waals surface area contributed by atoms with Gasteiger partial charge in [-0.1, -0.05) is 115 Å². The standard InChI is InChI=1S/C23H39NO.C7H8N2O4S/c1-2-3-4-5-6-7-8-9-10-11-12-13-14-18-21-24-23(25)22-19-16-15-17-20-22;8-9-14(12,13)6-3-1-2-5(4-6)7(10)11/h15-17,19-20H,2-14,18,21H2,1H3,(H,24,25);1-4,9H,8H2,(H,10,11). The van der Waals surface area contributed by atoms with Crippen molar-refractivity contribution < 1.29 is 23.1 Å². The Morgan fingerprint density at radius 3 is 1.69 bits per heavy atom. The lowest BCUT2D eigenvalue weighted by Gasteiger charge is -2.05. The Labute approximate surface area is 234 Å². The monoisotopic (exact) mass is 561 g/mol. The van der Waals surface area contributed by atoms with E-state index in [4.69, 9.17) is 10.9 Å². The topological polar surface area (TPSA) is 139 Å². The van der Waals surface area contributed by atoms with Crippen molar-refractivity contribution in [3.8, 4) is 0 Å². The number of hydrogen-bond acceptors (Lipinski definition) is 5. The zero-order valence-electron chi connectivity index (χ0n) is 23.4. The van der Waals surface area contributed by atoms with Gasteiger partial charge in [0.2, 0.25) is 0 Å². The van der Waals surface area contributed by atoms with Crippen LogP contribution in [0.15, 0.2) is 59.5 Å². The lowest BCUT2D eigenvalue weighted by Crippen LogP contribution is -2.30. The number of carboxylic acids is 1. The van der Waals surface area contributed by atoms with Crippen molar-refractivity contribution in [2.45, 2.75) is 102 Å². The summed E-state index contributed by atoms with van der Waals surface area (Å²) >= 11 is 0. The van der Waals surface area contributed by atoms with Crippen LogP contribution in [0.25, 0.3) is 0 Å². The van der Waals surface area contributed by atoms with E-state index in [0.717, 1.165) is 24.6 Å². The maximum Gasteiger partial charge on any atom is 0.335 e. The molecule has 0 aliphatic carbocycles. The molecule has 0 aliphatic rings. The minimum absolute atomic E-state index is 0.0512. The number of carboxylic acid groups (broad SMARTS) is 1. The molecule has 39 heavy (non-hydrogen) atoms. The second-order valence-electron chi connectivity index (χ2n) is 9.67. The second kappa shape index (κ2) is 21.1. The Balaban J connectivity index is 0.000000457. The molecule has 0 saturated heterocycles. The van der Waals surface area contributed by atoms with Crippen LogP contribution in [0.2, 0.25) is 0 Å². The van der Waals surface area contributed by atoms with Gasteiger partial charge < -0.3 is 10.4 Å². The number of unbranched alkanes of at least 4 members (excludes halogenated alkanes) is 13. The molecule has 5 N–H and O–H groups in total. The van der Waals surface area contributed by atoms with Crippen molar-refractivity contribution in [1.82, 2.24) is 10.1 Å². The van der Waals surface area contributed by atoms with Crippen molar-refractivity contribution in [2.75, 3.05) is 6.54 Å². The summed E-state index contributed by atoms with van der Waals surface area (Å²) in [5.74, 6) is 3.64. The maximum absolute atomic E-state index is 11.9. The van der Waals surface area contributed by atoms with E-state index in [0.29, 0.717) is 0 Å². The molecule has 0 radical (unpaired) electrons. The number of aromatic carboxylic acids is 1. The molecule has 0 unspecified atom stereocenters. The zero-order chi connectivity index (χ0) is 28.8. The molecule has 1 amide bonds. The number of nitrogens with one attached hydrogen (secondary N) is 2. The maximum atomic E-state index is 11.9. The minimum Gasteiger partial charge on any atom is -0.478 e. The largest absolute Gasteiger partial charge is 0.478 e. The van der Waals surface area contributed by atoms with E-state index in [1.165, 1.54) is 102 Å². The van der Waals surface area contributed by atoms with Gasteiger partial charge in [-0.3, -0.25) is 10.6 Å². The number of carbonyl (C=O) groups is 2. The Hall–Kier alpha value is -2.75. The average Bonchev–Trinajstić information content (AvgIpc) is 2.95. The highest BCUT2D eigenvalue weighted by Crippen LogP contribution is 2.13. The highest BCUT2D eigenvalue weighted by molar-refractivity contribution is 7.89. The van der Waals surface area contributed by atoms with Gasteiger partial charge >= 0.3 is 5.97 Å². The predicted molar refractivity (Wildman–Crippen MR) is 157 cm³/mol. The molecule has 8 nitrogen and oxygen atoms in total. The first-order valence-corrected chi connectivity index (χ1v) is 15.7. The van der Waals surface area contributed by atoms with Crippen LogP contribution in [0.4, 0.5) is 0 Å². The van der Waals surface area contributed by atoms with E-state index in [1.807, 2.05) is 30.3 Å². The van der Waals surface area contributed by atoms with E-state index in [-0.39, 0.29) is 16.4 Å². The number of benzene rings is 2. The molecule has 0 fully saturated rings. The Bertz CT molecular complexity index is 1050. The van der Waals surface area contributed by atoms with Gasteiger partial charge in [0, 0.05) is 12.1 Å². The first-order chi connectivity index (χ1) is 18.8. The Morgan fingerprint density at radius 1 is 0.718 bits per heavy atom. The first-order valence-electron chi connectivity index (χ1n) is 14.2. The summed E-state index contributed by atoms with van der Waals surface area (Å²) in [6.07, 6.45) is 19.1. The minimum atomic E-state index is -3.79. The van der Waals surface area contributed by atoms with Crippen molar-refractivity contribution in [3.63, 3.8) is 0 Å². The van der Waals surface area contributed by atoms with Gasteiger partial charge in [0.25, 0.3) is 15.9 Å². The fourth-order valence-electron chi connectivity index (χ4n) is 4.08. The first kappa shape index (κ1) is 34.3. The molecule has 2 rings (SSSR count). The number of sulfonamides is 1. The quantitative estimate of drug-likeness (QED) is 0.0885. The molecule has 2 aromatic rings. The van der Waals surface area contributed by atoms with Crippen LogP contribution in [0.1, 0.15) is 118 Å². The average molecular weight is 562 g/mol. The molecule has 0 heterocycles. The van der Waals surface area contributed by atoms with Crippen LogP contribution in [0.3, 0.4) is 0 Å². The molecule has 0 saturated carbocycles. The number of amides is 1. The van der Waals surface area contributed by atoms with Crippen molar-refractivity contribution in [1.29, 1.82) is 0 Å². The molecule has 0 atom stereocenters. The number of rotatable bonds is 19. The third kappa shape index (κ3) is 16.1. The molecular weight excluding hydrogens is 514 g/mol. The number of carbonyl (C=O) groups excluding carboxylic acids is 1. The predicted octanol–water partition coefficient (Wildman–Crippen LogP) is 6.43. The summed E-state index contributed by atoms with van der Waals surface area (Å²) in [6.45, 7) is 3.08. The van der Waals surface area contributed by atoms with E-state index >= 15 is 0 Å². The number of nitrogens with two attached hydrogens (primary N) is 1. The van der Waals surface area contributed by atoms with E-state index in [2.05, 4.69) is 12.2 Å². The third-order valence-corrected chi connectivity index (χ3v) is 7.58. The van der Waals surface area contributed by atoms with Crippen LogP contribution >= 0.6 is 0 Å². The van der Waals surface area contributed by atoms with E-state index < -0.39 is 16.0 Å². The number of hydrogen-bond donors (Lipinski definition) is 4. The molecule has 218 valence electrons. The Morgan fingerprint density at radius 2 is 1.21 bits per heavy atom. The molecular formula is C30H47N3O5S. The van der Waals surface area contributed by atoms with Gasteiger partial charge in [0.15, 0.2) is 0 Å². The summed E-state index contributed by atoms with van der Waals surface area (Å²) in [6, 6.07) is 14.4. The molecule has 0 spiro atoms. The lowest BCUT2D eigenvalue weighted by atomic mass is 10.0. The normalized spacial score (nSPS) is 10.9. The fourth-order valence-corrected chi connectivity index (χ4v) is 4.75. The van der Waals surface area contributed by atoms with Gasteiger partial charge in [-0.15, -0.1) is 0 Å². The molecule has 0 aliphatic heterocycles. The lowest BCUT2D eigenvalue weighted by molar-refractivity contribution is 0.0696. The van der Waals surface area contributed by atoms with Crippen molar-refractivity contribution in [2.24, 2.45) is 5.84 Å². The van der Waals surface area contributed by atoms with E-state index in [1.54, 1.807) is 4.83 Å². The van der Waals surface area contributed by atoms with Gasteiger partial charge in [-0.05, 0) is 36.8 Å². The molecule has 0 aromatic heterocycles. The van der Waals surface area contributed by atoms with Crippen molar-refractivity contribution in [3.05, 3.63) is 65.7 Å². The van der Waals surface area contributed by atoms with Crippen LogP contribution < -0.4 is 16.0 Å². The Kier molecular flexibility index (Phi) is 18.6. The van der Waals surface area contributed by atoms with Crippen LogP contribution in [0, 0.1) is 0 Å². The van der Waals surface area contributed by atoms with Crippen LogP contribution in [-0.2, 0) is 10.0 Å². The second-order valence-corrected chi connectivity index (χ2v) is 11.4. The summed E-state index contributed by atoms with van der Waals surface area (Å²) in [5, 5.41) is 11.6. The highest BCUT2D eigenvalue weighted by Gasteiger charge is 2.13. The van der Waals surface area contributed by atoms with E-state index in [9.17, 15) is 18.0 Å². The highest BCUT2D eigenvalue weighted by atomic mass is 32.2. The third-order valence-electron chi connectivity index (χ3n) is 6.40. The molecule has 0 bridgehead atoms. The van der Waals surface area contributed by atoms with Crippen LogP contribution in [0.5, 0.6) is 0 Å². The smallest absolute Gasteiger partial charge is 0.335 e. The van der Waals surface area contributed by atoms with Gasteiger partial charge in [0.05, 0.1) is 10.5 Å². The zero-order valence-corrected chi connectivity index (χ0v) is 24.2. The van der Waals surface area contributed by atoms with Gasteiger partial charge in [0.1, 0.15) is 0 Å². The SMILES string of the molecule is CCCCCCCCCCCCCCCCNC(=O)c1ccccc1.NNS(=O)(=O)c1cccc(C(=O)O)c1. The number of hydrazine groups is 1. The summed E-state index contributed by atoms with van der Waals surface area (Å²) in [7, 11) is -3.79. The van der Waals surface area contributed by atoms with Gasteiger partial charge in [-0.2, -0.15) is 4.83 Å². The van der Waals surface area contributed by atoms with Gasteiger partial charge in [-0.25, -0.2) is 13.2 Å². The fraction of sp³-hybridized carbons (Fsp3) is 0.533. The summed E-state index contributed by atoms with van der Waals surface area (Å²) in [5.41, 5.74) is 0.647.